The molecule has 2 aliphatic heterocycles. The van der Waals surface area contributed by atoms with Gasteiger partial charge in [0.1, 0.15) is 11.6 Å². The van der Waals surface area contributed by atoms with Crippen LogP contribution in [-0.4, -0.2) is 9.55 Å². The molecule has 2 aliphatic rings. The third kappa shape index (κ3) is 3.70. The normalized spacial score (nSPS) is 19.5. The van der Waals surface area contributed by atoms with Crippen molar-refractivity contribution in [3.05, 3.63) is 207 Å². The molecule has 6 aromatic carbocycles. The van der Waals surface area contributed by atoms with Crippen LogP contribution in [0.1, 0.15) is 27.8 Å². The molecule has 47 heavy (non-hydrogen) atoms. The lowest BCUT2D eigenvalue weighted by atomic mass is 9.60. The van der Waals surface area contributed by atoms with Crippen LogP contribution >= 0.6 is 11.6 Å². The summed E-state index contributed by atoms with van der Waals surface area (Å²) in [4.78, 5) is 20.7. The highest BCUT2D eigenvalue weighted by atomic mass is 35.5. The van der Waals surface area contributed by atoms with E-state index in [0.29, 0.717) is 27.5 Å². The van der Waals surface area contributed by atoms with Gasteiger partial charge in [-0.2, -0.15) is 0 Å². The van der Waals surface area contributed by atoms with Gasteiger partial charge in [-0.25, -0.2) is 4.98 Å². The lowest BCUT2D eigenvalue weighted by Gasteiger charge is -2.51. The summed E-state index contributed by atoms with van der Waals surface area (Å²) in [5, 5.41) is 0.918. The fourth-order valence-corrected chi connectivity index (χ4v) is 7.93. The summed E-state index contributed by atoms with van der Waals surface area (Å²) < 4.78 is 9.59. The molecule has 0 saturated carbocycles. The van der Waals surface area contributed by atoms with Gasteiger partial charge in [0, 0.05) is 32.8 Å². The Kier molecular flexibility index (Phi) is 6.11. The average molecular weight is 627 g/mol. The van der Waals surface area contributed by atoms with Crippen LogP contribution in [0.5, 0.6) is 0 Å². The zero-order chi connectivity index (χ0) is 31.6. The van der Waals surface area contributed by atoms with E-state index in [4.69, 9.17) is 21.3 Å². The Labute approximate surface area is 276 Å². The molecule has 9 rings (SSSR count). The Morgan fingerprint density at radius 3 is 1.87 bits per heavy atom. The number of rotatable bonds is 4. The second kappa shape index (κ2) is 10.4. The number of fused-ring (bicyclic) bond motifs is 7. The number of benzene rings is 6. The number of aromatic nitrogens is 2. The molecule has 5 heteroatoms. The summed E-state index contributed by atoms with van der Waals surface area (Å²) in [7, 11) is 0. The van der Waals surface area contributed by atoms with Gasteiger partial charge in [0.05, 0.1) is 10.9 Å². The smallest absolute Gasteiger partial charge is 0.262 e. The highest BCUT2D eigenvalue weighted by molar-refractivity contribution is 6.31. The summed E-state index contributed by atoms with van der Waals surface area (Å²) in [6.45, 7) is 0. The Morgan fingerprint density at radius 2 is 1.19 bits per heavy atom. The summed E-state index contributed by atoms with van der Waals surface area (Å²) >= 11 is 6.56. The Morgan fingerprint density at radius 1 is 0.617 bits per heavy atom. The van der Waals surface area contributed by atoms with Crippen LogP contribution in [0.3, 0.4) is 0 Å². The second-order valence-electron chi connectivity index (χ2n) is 11.9. The quantitative estimate of drug-likeness (QED) is 0.196. The van der Waals surface area contributed by atoms with Crippen molar-refractivity contribution in [2.75, 3.05) is 0 Å². The van der Waals surface area contributed by atoms with Gasteiger partial charge in [-0.05, 0) is 29.3 Å². The van der Waals surface area contributed by atoms with E-state index >= 15 is 4.79 Å². The van der Waals surface area contributed by atoms with E-state index in [1.54, 1.807) is 12.1 Å². The van der Waals surface area contributed by atoms with Gasteiger partial charge in [-0.15, -0.1) is 0 Å². The first-order chi connectivity index (χ1) is 23.1. The molecule has 0 amide bonds. The first-order valence-electron chi connectivity index (χ1n) is 15.6. The molecule has 0 fully saturated rings. The van der Waals surface area contributed by atoms with Gasteiger partial charge < -0.3 is 4.74 Å². The molecule has 0 spiro atoms. The molecule has 2 atom stereocenters. The van der Waals surface area contributed by atoms with Crippen LogP contribution in [0.2, 0.25) is 5.02 Å². The third-order valence-corrected chi connectivity index (χ3v) is 9.77. The minimum atomic E-state index is -1.26. The highest BCUT2D eigenvalue weighted by Crippen LogP contribution is 2.67. The standard InChI is InChI=1S/C42H27ClN2O2/c43-32-25-26-36-34(27-32)40(46)45-39(44-36)33-23-13-14-24-35(33)42(31-21-11-4-12-22-31)41(45,30-19-9-3-10-20-30)37(28-15-5-1-6-16-28)38(47-42)29-17-7-2-8-18-29/h1-27H/t41-,42-/m0/s1. The molecular formula is C42H27ClN2O2. The largest absolute Gasteiger partial charge is 0.473 e. The minimum absolute atomic E-state index is 0.197. The zero-order valence-corrected chi connectivity index (χ0v) is 25.9. The Balaban J connectivity index is 1.61. The number of hydrogen-bond acceptors (Lipinski definition) is 3. The molecule has 7 aromatic rings. The molecule has 0 aliphatic carbocycles. The van der Waals surface area contributed by atoms with Crippen molar-refractivity contribution in [1.82, 2.24) is 9.55 Å². The van der Waals surface area contributed by atoms with Gasteiger partial charge in [0.2, 0.25) is 0 Å². The van der Waals surface area contributed by atoms with E-state index in [1.165, 1.54) is 0 Å². The van der Waals surface area contributed by atoms with Gasteiger partial charge in [0.25, 0.3) is 5.56 Å². The van der Waals surface area contributed by atoms with Gasteiger partial charge in [0.15, 0.2) is 11.1 Å². The van der Waals surface area contributed by atoms with E-state index in [1.807, 2.05) is 102 Å². The van der Waals surface area contributed by atoms with E-state index in [0.717, 1.165) is 39.0 Å². The van der Waals surface area contributed by atoms with E-state index in [-0.39, 0.29) is 5.56 Å². The van der Waals surface area contributed by atoms with Crippen molar-refractivity contribution in [1.29, 1.82) is 0 Å². The van der Waals surface area contributed by atoms with Gasteiger partial charge in [-0.1, -0.05) is 157 Å². The highest BCUT2D eigenvalue weighted by Gasteiger charge is 2.69. The Hall–Kier alpha value is -5.71. The maximum atomic E-state index is 15.4. The Bertz CT molecular complexity index is 2410. The summed E-state index contributed by atoms with van der Waals surface area (Å²) in [5.74, 6) is 1.27. The predicted octanol–water partition coefficient (Wildman–Crippen LogP) is 9.32. The molecule has 0 unspecified atom stereocenters. The third-order valence-electron chi connectivity index (χ3n) is 9.54. The van der Waals surface area contributed by atoms with Crippen molar-refractivity contribution < 1.29 is 4.74 Å². The number of halogens is 1. The molecular weight excluding hydrogens is 600 g/mol. The summed E-state index contributed by atoms with van der Waals surface area (Å²) in [6.07, 6.45) is 0. The summed E-state index contributed by atoms with van der Waals surface area (Å²) in [6, 6.07) is 54.5. The van der Waals surface area contributed by atoms with Gasteiger partial charge >= 0.3 is 0 Å². The lowest BCUT2D eigenvalue weighted by molar-refractivity contribution is 0.0232. The molecule has 0 bridgehead atoms. The first-order valence-corrected chi connectivity index (χ1v) is 16.0. The van der Waals surface area contributed by atoms with Crippen LogP contribution < -0.4 is 5.56 Å². The topological polar surface area (TPSA) is 44.1 Å². The van der Waals surface area contributed by atoms with Crippen LogP contribution in [0, 0.1) is 0 Å². The minimum Gasteiger partial charge on any atom is -0.473 e. The predicted molar refractivity (Wildman–Crippen MR) is 188 cm³/mol. The SMILES string of the molecule is O=c1c2cc(Cl)ccc2nc2n1[C@@]1(c3ccccc3)C(c3ccccc3)=C(c3ccccc3)O[C@@]1(c1ccccc1)c1ccccc1-2. The van der Waals surface area contributed by atoms with Crippen LogP contribution in [0.15, 0.2) is 169 Å². The van der Waals surface area contributed by atoms with E-state index < -0.39 is 11.1 Å². The zero-order valence-electron chi connectivity index (χ0n) is 25.2. The van der Waals surface area contributed by atoms with Crippen molar-refractivity contribution in [2.24, 2.45) is 0 Å². The van der Waals surface area contributed by atoms with Gasteiger partial charge in [-0.3, -0.25) is 9.36 Å². The fourth-order valence-electron chi connectivity index (χ4n) is 7.76. The number of nitrogens with zero attached hydrogens (tertiary/aromatic N) is 2. The molecule has 0 saturated heterocycles. The molecule has 224 valence electrons. The molecule has 4 nitrogen and oxygen atoms in total. The first kappa shape index (κ1) is 27.6. The van der Waals surface area contributed by atoms with Crippen molar-refractivity contribution in [3.8, 4) is 11.4 Å². The van der Waals surface area contributed by atoms with Crippen LogP contribution in [-0.2, 0) is 15.9 Å². The molecule has 0 N–H and O–H groups in total. The van der Waals surface area contributed by atoms with Crippen molar-refractivity contribution in [2.45, 2.75) is 11.1 Å². The average Bonchev–Trinajstić information content (AvgIpc) is 3.47. The molecule has 1 aromatic heterocycles. The second-order valence-corrected chi connectivity index (χ2v) is 12.4. The maximum Gasteiger partial charge on any atom is 0.262 e. The van der Waals surface area contributed by atoms with Crippen molar-refractivity contribution in [3.63, 3.8) is 0 Å². The summed E-state index contributed by atoms with van der Waals surface area (Å²) in [5.41, 5.74) is 4.20. The number of hydrogen-bond donors (Lipinski definition) is 0. The molecule has 3 heterocycles. The van der Waals surface area contributed by atoms with Crippen molar-refractivity contribution >= 4 is 33.8 Å². The maximum absolute atomic E-state index is 15.4. The fraction of sp³-hybridized carbons (Fsp3) is 0.0476. The van der Waals surface area contributed by atoms with E-state index in [2.05, 4.69) is 54.6 Å². The van der Waals surface area contributed by atoms with Crippen LogP contribution in [0.4, 0.5) is 0 Å². The van der Waals surface area contributed by atoms with Crippen LogP contribution in [0.25, 0.3) is 33.6 Å². The lowest BCUT2D eigenvalue weighted by Crippen LogP contribution is -2.59. The molecule has 0 radical (unpaired) electrons. The van der Waals surface area contributed by atoms with E-state index in [9.17, 15) is 0 Å². The number of ether oxygens (including phenoxy) is 1. The monoisotopic (exact) mass is 626 g/mol.